The van der Waals surface area contributed by atoms with Crippen molar-refractivity contribution in [2.75, 3.05) is 18.4 Å². The summed E-state index contributed by atoms with van der Waals surface area (Å²) in [4.78, 5) is 27.2. The number of likely N-dealkylation sites (tertiary alicyclic amines) is 1. The van der Waals surface area contributed by atoms with Gasteiger partial charge in [-0.3, -0.25) is 18.8 Å². The Bertz CT molecular complexity index is 1110. The second-order valence-electron chi connectivity index (χ2n) is 7.74. The third-order valence-corrected chi connectivity index (χ3v) is 6.22. The van der Waals surface area contributed by atoms with Gasteiger partial charge in [-0.25, -0.2) is 4.79 Å². The predicted molar refractivity (Wildman–Crippen MR) is 116 cm³/mol. The average molecular weight is 413 g/mol. The van der Waals surface area contributed by atoms with Crippen molar-refractivity contribution in [2.45, 2.75) is 19.4 Å². The molecule has 7 heteroatoms. The first-order valence-corrected chi connectivity index (χ1v) is 10.2. The van der Waals surface area contributed by atoms with Crippen molar-refractivity contribution < 1.29 is 4.79 Å². The predicted octanol–water partition coefficient (Wildman–Crippen LogP) is 3.38. The standard InChI is InChI=1S/C22H25ClN4O2/c1-25-19-8-7-17(13-20(19)26(2)22(25)29)24-21(28)15-9-11-27(12-10-15)14-16-5-3-4-6-18(16)23/h3-8,13,15H,9-12,14H2,1-2H3,(H,24,28). The van der Waals surface area contributed by atoms with Crippen molar-refractivity contribution in [2.24, 2.45) is 20.0 Å². The number of halogens is 1. The van der Waals surface area contributed by atoms with Gasteiger partial charge in [0.05, 0.1) is 11.0 Å². The van der Waals surface area contributed by atoms with Crippen LogP contribution in [0.4, 0.5) is 5.69 Å². The second-order valence-corrected chi connectivity index (χ2v) is 8.14. The van der Waals surface area contributed by atoms with Gasteiger partial charge in [0.25, 0.3) is 0 Å². The maximum absolute atomic E-state index is 12.8. The molecular formula is C22H25ClN4O2. The number of aryl methyl sites for hydroxylation is 2. The van der Waals surface area contributed by atoms with Crippen LogP contribution in [0.5, 0.6) is 0 Å². The van der Waals surface area contributed by atoms with E-state index in [-0.39, 0.29) is 17.5 Å². The minimum atomic E-state index is -0.0747. The van der Waals surface area contributed by atoms with Crippen LogP contribution < -0.4 is 11.0 Å². The van der Waals surface area contributed by atoms with Gasteiger partial charge in [-0.1, -0.05) is 29.8 Å². The molecule has 0 unspecified atom stereocenters. The molecule has 0 radical (unpaired) electrons. The molecular weight excluding hydrogens is 388 g/mol. The Balaban J connectivity index is 1.38. The van der Waals surface area contributed by atoms with Gasteiger partial charge < -0.3 is 5.32 Å². The van der Waals surface area contributed by atoms with Gasteiger partial charge in [0.15, 0.2) is 0 Å². The fraction of sp³-hybridized carbons (Fsp3) is 0.364. The van der Waals surface area contributed by atoms with Crippen LogP contribution in [0.25, 0.3) is 11.0 Å². The second kappa shape index (κ2) is 8.05. The molecule has 29 heavy (non-hydrogen) atoms. The number of nitrogens with one attached hydrogen (secondary N) is 1. The molecule has 2 aromatic carbocycles. The Labute approximate surface area is 174 Å². The van der Waals surface area contributed by atoms with Crippen LogP contribution in [0.2, 0.25) is 5.02 Å². The van der Waals surface area contributed by atoms with E-state index in [4.69, 9.17) is 11.6 Å². The fourth-order valence-corrected chi connectivity index (χ4v) is 4.25. The zero-order chi connectivity index (χ0) is 20.5. The van der Waals surface area contributed by atoms with Crippen LogP contribution in [0.1, 0.15) is 18.4 Å². The minimum Gasteiger partial charge on any atom is -0.326 e. The number of amides is 1. The lowest BCUT2D eigenvalue weighted by Gasteiger charge is -2.31. The van der Waals surface area contributed by atoms with E-state index in [0.717, 1.165) is 59.8 Å². The monoisotopic (exact) mass is 412 g/mol. The molecule has 0 saturated carbocycles. The number of piperidine rings is 1. The van der Waals surface area contributed by atoms with Crippen LogP contribution >= 0.6 is 11.6 Å². The van der Waals surface area contributed by atoms with Crippen molar-refractivity contribution in [3.63, 3.8) is 0 Å². The molecule has 0 bridgehead atoms. The minimum absolute atomic E-state index is 0.00668. The molecule has 1 saturated heterocycles. The highest BCUT2D eigenvalue weighted by Gasteiger charge is 2.25. The Morgan fingerprint density at radius 1 is 1.07 bits per heavy atom. The van der Waals surface area contributed by atoms with Gasteiger partial charge in [-0.15, -0.1) is 0 Å². The highest BCUT2D eigenvalue weighted by molar-refractivity contribution is 6.31. The summed E-state index contributed by atoms with van der Waals surface area (Å²) < 4.78 is 3.20. The topological polar surface area (TPSA) is 59.3 Å². The highest BCUT2D eigenvalue weighted by Crippen LogP contribution is 2.24. The number of rotatable bonds is 4. The SMILES string of the molecule is Cn1c(=O)n(C)c2cc(NC(=O)C3CCN(Cc4ccccc4Cl)CC3)ccc21. The lowest BCUT2D eigenvalue weighted by Crippen LogP contribution is -2.37. The molecule has 1 aromatic heterocycles. The van der Waals surface area contributed by atoms with Gasteiger partial charge in [0, 0.05) is 37.3 Å². The molecule has 0 aliphatic carbocycles. The van der Waals surface area contributed by atoms with Gasteiger partial charge in [-0.05, 0) is 55.8 Å². The molecule has 1 fully saturated rings. The first kappa shape index (κ1) is 19.7. The number of fused-ring (bicyclic) bond motifs is 1. The Kier molecular flexibility index (Phi) is 5.48. The molecule has 1 aliphatic rings. The molecule has 1 amide bonds. The lowest BCUT2D eigenvalue weighted by atomic mass is 9.95. The number of imidazole rings is 1. The van der Waals surface area contributed by atoms with Gasteiger partial charge >= 0.3 is 5.69 Å². The molecule has 1 N–H and O–H groups in total. The summed E-state index contributed by atoms with van der Waals surface area (Å²) in [5.74, 6) is 0.0375. The molecule has 2 heterocycles. The number of carbonyl (C=O) groups excluding carboxylic acids is 1. The first-order valence-electron chi connectivity index (χ1n) is 9.86. The molecule has 152 valence electrons. The Morgan fingerprint density at radius 3 is 2.48 bits per heavy atom. The summed E-state index contributed by atoms with van der Waals surface area (Å²) >= 11 is 6.26. The van der Waals surface area contributed by atoms with E-state index in [1.165, 1.54) is 0 Å². The largest absolute Gasteiger partial charge is 0.328 e. The van der Waals surface area contributed by atoms with E-state index in [1.54, 1.807) is 23.2 Å². The summed E-state index contributed by atoms with van der Waals surface area (Å²) in [5, 5.41) is 3.82. The van der Waals surface area contributed by atoms with Gasteiger partial charge in [0.2, 0.25) is 5.91 Å². The maximum Gasteiger partial charge on any atom is 0.328 e. The summed E-state index contributed by atoms with van der Waals surface area (Å²) in [5.41, 5.74) is 3.43. The number of hydrogen-bond acceptors (Lipinski definition) is 3. The van der Waals surface area contributed by atoms with Crippen LogP contribution in [-0.4, -0.2) is 33.0 Å². The van der Waals surface area contributed by atoms with E-state index in [9.17, 15) is 9.59 Å². The third-order valence-electron chi connectivity index (χ3n) is 5.85. The third kappa shape index (κ3) is 3.95. The van der Waals surface area contributed by atoms with Crippen LogP contribution in [0, 0.1) is 5.92 Å². The molecule has 3 aromatic rings. The zero-order valence-electron chi connectivity index (χ0n) is 16.7. The smallest absolute Gasteiger partial charge is 0.326 e. The summed E-state index contributed by atoms with van der Waals surface area (Å²) in [6, 6.07) is 13.5. The number of carbonyl (C=O) groups is 1. The van der Waals surface area contributed by atoms with Crippen molar-refractivity contribution in [1.82, 2.24) is 14.0 Å². The number of hydrogen-bond donors (Lipinski definition) is 1. The number of aromatic nitrogens is 2. The Hall–Kier alpha value is -2.57. The van der Waals surface area contributed by atoms with Crippen LogP contribution in [0.3, 0.4) is 0 Å². The van der Waals surface area contributed by atoms with E-state index in [2.05, 4.69) is 10.2 Å². The summed E-state index contributed by atoms with van der Waals surface area (Å²) in [7, 11) is 3.49. The zero-order valence-corrected chi connectivity index (χ0v) is 17.4. The van der Waals surface area contributed by atoms with E-state index < -0.39 is 0 Å². The Morgan fingerprint density at radius 2 is 1.76 bits per heavy atom. The number of anilines is 1. The van der Waals surface area contributed by atoms with Gasteiger partial charge in [-0.2, -0.15) is 0 Å². The quantitative estimate of drug-likeness (QED) is 0.714. The fourth-order valence-electron chi connectivity index (χ4n) is 4.05. The van der Waals surface area contributed by atoms with Gasteiger partial charge in [0.1, 0.15) is 0 Å². The lowest BCUT2D eigenvalue weighted by molar-refractivity contribution is -0.121. The number of nitrogens with zero attached hydrogens (tertiary/aromatic N) is 3. The van der Waals surface area contributed by atoms with Crippen LogP contribution in [-0.2, 0) is 25.4 Å². The normalized spacial score (nSPS) is 15.7. The first-order chi connectivity index (χ1) is 13.9. The van der Waals surface area contributed by atoms with E-state index >= 15 is 0 Å². The highest BCUT2D eigenvalue weighted by atomic mass is 35.5. The maximum atomic E-state index is 12.8. The number of benzene rings is 2. The molecule has 1 aliphatic heterocycles. The molecule has 6 nitrogen and oxygen atoms in total. The van der Waals surface area contributed by atoms with Crippen molar-refractivity contribution in [1.29, 1.82) is 0 Å². The molecule has 4 rings (SSSR count). The molecule has 0 atom stereocenters. The van der Waals surface area contributed by atoms with Crippen molar-refractivity contribution in [3.05, 3.63) is 63.5 Å². The molecule has 0 spiro atoms. The van der Waals surface area contributed by atoms with Crippen molar-refractivity contribution in [3.8, 4) is 0 Å². The summed E-state index contributed by atoms with van der Waals surface area (Å²) in [6.45, 7) is 2.55. The van der Waals surface area contributed by atoms with E-state index in [0.29, 0.717) is 0 Å². The van der Waals surface area contributed by atoms with Crippen molar-refractivity contribution >= 4 is 34.2 Å². The van der Waals surface area contributed by atoms with Crippen LogP contribution in [0.15, 0.2) is 47.3 Å². The summed E-state index contributed by atoms with van der Waals surface area (Å²) in [6.07, 6.45) is 1.64. The average Bonchev–Trinajstić information content (AvgIpc) is 2.94. The van der Waals surface area contributed by atoms with E-state index in [1.807, 2.05) is 42.5 Å².